The number of ketones is 1. The monoisotopic (exact) mass is 492 g/mol. The molecule has 35 heavy (non-hydrogen) atoms. The van der Waals surface area contributed by atoms with Crippen molar-refractivity contribution in [2.75, 3.05) is 25.9 Å². The number of imidazole rings is 1. The molecule has 0 spiro atoms. The number of aliphatic hydroxyl groups excluding tert-OH is 2. The predicted octanol–water partition coefficient (Wildman–Crippen LogP) is -3.39. The molecule has 5 heterocycles. The number of likely N-dealkylation sites (tertiary alicyclic amines) is 1. The number of rotatable bonds is 5. The summed E-state index contributed by atoms with van der Waals surface area (Å²) in [5.41, 5.74) is 8.57. The molecule has 3 fully saturated rings. The maximum Gasteiger partial charge on any atom is 0.408 e. The van der Waals surface area contributed by atoms with Crippen LogP contribution in [-0.2, 0) is 23.8 Å². The van der Waals surface area contributed by atoms with Gasteiger partial charge in [-0.25, -0.2) is 19.7 Å². The highest BCUT2D eigenvalue weighted by molar-refractivity contribution is 6.04. The van der Waals surface area contributed by atoms with Crippen LogP contribution in [0.1, 0.15) is 13.2 Å². The van der Waals surface area contributed by atoms with E-state index in [1.807, 2.05) is 0 Å². The number of aromatic nitrogens is 4. The van der Waals surface area contributed by atoms with E-state index >= 15 is 0 Å². The van der Waals surface area contributed by atoms with E-state index in [1.54, 1.807) is 7.05 Å². The Kier molecular flexibility index (Phi) is 5.19. The minimum absolute atomic E-state index is 0.0340. The van der Waals surface area contributed by atoms with E-state index < -0.39 is 59.8 Å². The van der Waals surface area contributed by atoms with Crippen LogP contribution in [0, 0.1) is 0 Å². The molecule has 7 atom stereocenters. The van der Waals surface area contributed by atoms with Gasteiger partial charge in [0.25, 0.3) is 5.91 Å². The van der Waals surface area contributed by atoms with Crippen molar-refractivity contribution in [3.63, 3.8) is 0 Å². The molecule has 2 bridgehead atoms. The zero-order chi connectivity index (χ0) is 25.3. The lowest BCUT2D eigenvalue weighted by Gasteiger charge is -2.33. The van der Waals surface area contributed by atoms with Crippen LogP contribution in [-0.4, -0.2) is 108 Å². The van der Waals surface area contributed by atoms with Crippen molar-refractivity contribution in [1.82, 2.24) is 29.7 Å². The zero-order valence-corrected chi connectivity index (χ0v) is 18.7. The summed E-state index contributed by atoms with van der Waals surface area (Å²) < 4.78 is 18.0. The van der Waals surface area contributed by atoms with E-state index in [9.17, 15) is 24.6 Å². The van der Waals surface area contributed by atoms with Crippen molar-refractivity contribution in [3.8, 4) is 0 Å². The van der Waals surface area contributed by atoms with E-state index in [1.165, 1.54) is 29.0 Å². The lowest BCUT2D eigenvalue weighted by atomic mass is 9.88. The molecular weight excluding hydrogens is 468 g/mol. The average molecular weight is 492 g/mol. The van der Waals surface area contributed by atoms with Gasteiger partial charge in [-0.1, -0.05) is 0 Å². The van der Waals surface area contributed by atoms with Crippen LogP contribution < -0.4 is 16.8 Å². The summed E-state index contributed by atoms with van der Waals surface area (Å²) >= 11 is 0. The third-order valence-electron chi connectivity index (χ3n) is 6.79. The Morgan fingerprint density at radius 2 is 2.06 bits per heavy atom. The summed E-state index contributed by atoms with van der Waals surface area (Å²) in [4.78, 5) is 50.9. The van der Waals surface area contributed by atoms with Gasteiger partial charge in [0.2, 0.25) is 17.5 Å². The molecule has 0 radical (unpaired) electrons. The number of nitrogens with zero attached hydrogens (tertiary/aromatic N) is 5. The number of nitrogens with two attached hydrogens (primary N) is 2. The molecule has 188 valence electrons. The van der Waals surface area contributed by atoms with E-state index in [4.69, 9.17) is 25.7 Å². The Morgan fingerprint density at radius 1 is 1.31 bits per heavy atom. The number of nitrogen functional groups attached to an aromatic ring is 1. The van der Waals surface area contributed by atoms with Crippen LogP contribution in [0.2, 0.25) is 0 Å². The number of alkyl carbamates (subject to hydrolysis) is 1. The molecule has 0 aliphatic carbocycles. The van der Waals surface area contributed by atoms with Crippen molar-refractivity contribution >= 4 is 34.8 Å². The molecule has 2 aromatic heterocycles. The first kappa shape index (κ1) is 23.3. The molecule has 16 nitrogen and oxygen atoms in total. The number of hydrogen-bond donors (Lipinski definition) is 5. The minimum atomic E-state index is -1.81. The summed E-state index contributed by atoms with van der Waals surface area (Å²) in [7, 11) is 1.59. The number of likely N-dealkylation sites (N-methyl/N-ethyl adjacent to an activating group) is 1. The van der Waals surface area contributed by atoms with Gasteiger partial charge in [0.15, 0.2) is 23.4 Å². The second kappa shape index (κ2) is 7.79. The number of ether oxygens (including phenoxy) is 3. The Labute approximate surface area is 197 Å². The van der Waals surface area contributed by atoms with Gasteiger partial charge in [0, 0.05) is 13.1 Å². The first-order chi connectivity index (χ1) is 16.5. The number of anilines is 1. The smallest absolute Gasteiger partial charge is 0.408 e. The van der Waals surface area contributed by atoms with Gasteiger partial charge in [-0.2, -0.15) is 0 Å². The molecule has 0 saturated carbocycles. The van der Waals surface area contributed by atoms with Crippen LogP contribution in [0.4, 0.5) is 10.6 Å². The van der Waals surface area contributed by atoms with E-state index in [-0.39, 0.29) is 24.6 Å². The fourth-order valence-corrected chi connectivity index (χ4v) is 4.72. The lowest BCUT2D eigenvalue weighted by Crippen LogP contribution is -2.62. The normalized spacial score (nSPS) is 36.7. The fourth-order valence-electron chi connectivity index (χ4n) is 4.72. The predicted molar refractivity (Wildman–Crippen MR) is 113 cm³/mol. The van der Waals surface area contributed by atoms with Gasteiger partial charge in [-0.05, 0) is 14.0 Å². The molecule has 0 aromatic carbocycles. The number of Topliss-reactive ketones (excluding diaryl/α,β-unsaturated/α-hetero) is 1. The lowest BCUT2D eigenvalue weighted by molar-refractivity contribution is -0.147. The first-order valence-corrected chi connectivity index (χ1v) is 10.6. The quantitative estimate of drug-likeness (QED) is 0.274. The zero-order valence-electron chi connectivity index (χ0n) is 18.7. The Morgan fingerprint density at radius 3 is 2.77 bits per heavy atom. The van der Waals surface area contributed by atoms with Gasteiger partial charge in [-0.3, -0.25) is 19.1 Å². The summed E-state index contributed by atoms with van der Waals surface area (Å²) in [6, 6.07) is 0. The molecular formula is C19H24N8O8. The Hall–Kier alpha value is -3.44. The number of carbonyl (C=O) groups is 3. The van der Waals surface area contributed by atoms with Crippen LogP contribution in [0.5, 0.6) is 0 Å². The van der Waals surface area contributed by atoms with Crippen LogP contribution >= 0.6 is 0 Å². The van der Waals surface area contributed by atoms with Gasteiger partial charge < -0.3 is 41.2 Å². The van der Waals surface area contributed by atoms with Crippen molar-refractivity contribution in [1.29, 1.82) is 0 Å². The van der Waals surface area contributed by atoms with E-state index in [0.717, 1.165) is 0 Å². The highest BCUT2D eigenvalue weighted by atomic mass is 16.6. The number of amides is 2. The van der Waals surface area contributed by atoms with E-state index in [0.29, 0.717) is 5.52 Å². The van der Waals surface area contributed by atoms with Gasteiger partial charge >= 0.3 is 6.09 Å². The summed E-state index contributed by atoms with van der Waals surface area (Å²) in [5, 5.41) is 23.3. The molecule has 16 heteroatoms. The molecule has 2 unspecified atom stereocenters. The second-order valence-corrected chi connectivity index (χ2v) is 8.85. The third-order valence-corrected chi connectivity index (χ3v) is 6.79. The molecule has 5 rings (SSSR count). The number of aliphatic hydroxyl groups is 2. The van der Waals surface area contributed by atoms with Crippen molar-refractivity contribution in [2.24, 2.45) is 5.73 Å². The first-order valence-electron chi connectivity index (χ1n) is 10.6. The molecule has 2 aromatic rings. The van der Waals surface area contributed by atoms with Crippen molar-refractivity contribution < 1.29 is 38.8 Å². The standard InChI is InChI=1S/C19H24N8O8/c1-18-11(30)12(19(35-18,16(21)31)4-26(18)2)34-17(32)22-3-7-9(28)10(29)15(33-7)27-6-25-8-13(20)23-5-24-14(8)27/h5-7,9-10,12,15,28-29H,3-4H2,1-2H3,(H2,21,31)(H,22,32)(H2,20,23,24)/t7-,9-,10-,12?,15-,18-,19?/m1/s1. The largest absolute Gasteiger partial charge is 0.434 e. The molecule has 7 N–H and O–H groups in total. The van der Waals surface area contributed by atoms with Gasteiger partial charge in [-0.15, -0.1) is 0 Å². The summed E-state index contributed by atoms with van der Waals surface area (Å²) in [5.74, 6) is -1.42. The summed E-state index contributed by atoms with van der Waals surface area (Å²) in [6.45, 7) is 1.14. The van der Waals surface area contributed by atoms with Gasteiger partial charge in [0.1, 0.15) is 30.2 Å². The summed E-state index contributed by atoms with van der Waals surface area (Å²) in [6.07, 6.45) is -4.97. The van der Waals surface area contributed by atoms with Crippen LogP contribution in [0.15, 0.2) is 12.7 Å². The number of carbonyl (C=O) groups excluding carboxylic acids is 3. The molecule has 2 amide bonds. The van der Waals surface area contributed by atoms with Crippen LogP contribution in [0.25, 0.3) is 11.2 Å². The number of primary amides is 1. The average Bonchev–Trinajstić information content (AvgIpc) is 3.49. The molecule has 3 saturated heterocycles. The number of hydrogen-bond acceptors (Lipinski definition) is 13. The number of fused-ring (bicyclic) bond motifs is 3. The molecule has 3 aliphatic heterocycles. The highest BCUT2D eigenvalue weighted by Crippen LogP contribution is 2.45. The fraction of sp³-hybridized carbons (Fsp3) is 0.579. The molecule has 3 aliphatic rings. The highest BCUT2D eigenvalue weighted by Gasteiger charge is 2.73. The maximum atomic E-state index is 12.8. The van der Waals surface area contributed by atoms with Crippen LogP contribution in [0.3, 0.4) is 0 Å². The maximum absolute atomic E-state index is 12.8. The van der Waals surface area contributed by atoms with Gasteiger partial charge in [0.05, 0.1) is 6.33 Å². The third kappa shape index (κ3) is 3.25. The number of nitrogens with one attached hydrogen (secondary N) is 1. The Balaban J connectivity index is 1.25. The van der Waals surface area contributed by atoms with Crippen molar-refractivity contribution in [3.05, 3.63) is 12.7 Å². The minimum Gasteiger partial charge on any atom is -0.434 e. The second-order valence-electron chi connectivity index (χ2n) is 8.85. The SMILES string of the molecule is CN1CC2(C(N)=O)O[C@]1(C)C(=O)C2OC(=O)NC[C@H]1O[C@@H](n2cnc3c(N)ncnc32)[C@H](O)[C@@H]1O. The Bertz CT molecular complexity index is 1220. The number of piperidine rings is 1. The topological polar surface area (TPSA) is 230 Å². The van der Waals surface area contributed by atoms with E-state index in [2.05, 4.69) is 20.3 Å². The van der Waals surface area contributed by atoms with Crippen molar-refractivity contribution in [2.45, 2.75) is 48.9 Å².